The molecule has 1 aromatic carbocycles. The van der Waals surface area contributed by atoms with Gasteiger partial charge >= 0.3 is 0 Å². The second kappa shape index (κ2) is 7.07. The minimum Gasteiger partial charge on any atom is -0.461 e. The molecule has 0 fully saturated rings. The average molecular weight is 353 g/mol. The van der Waals surface area contributed by atoms with Crippen LogP contribution in [-0.2, 0) is 19.6 Å². The molecule has 0 aliphatic carbocycles. The van der Waals surface area contributed by atoms with E-state index in [9.17, 15) is 5.11 Å². The van der Waals surface area contributed by atoms with E-state index >= 15 is 0 Å². The van der Waals surface area contributed by atoms with Gasteiger partial charge in [0.15, 0.2) is 0 Å². The number of aliphatic hydroxyl groups excluding tert-OH is 2. The van der Waals surface area contributed by atoms with Crippen molar-refractivity contribution in [1.82, 2.24) is 14.7 Å². The van der Waals surface area contributed by atoms with Crippen molar-refractivity contribution in [2.75, 3.05) is 13.2 Å². The first kappa shape index (κ1) is 17.0. The summed E-state index contributed by atoms with van der Waals surface area (Å²) in [6.07, 6.45) is -0.913. The normalized spacial score (nSPS) is 15.8. The number of furan rings is 1. The van der Waals surface area contributed by atoms with Crippen molar-refractivity contribution in [2.45, 2.75) is 32.7 Å². The van der Waals surface area contributed by atoms with Gasteiger partial charge < -0.3 is 14.6 Å². The molecule has 2 aromatic heterocycles. The third-order valence-electron chi connectivity index (χ3n) is 4.83. The Hall–Kier alpha value is -2.41. The van der Waals surface area contributed by atoms with Crippen molar-refractivity contribution in [3.8, 4) is 11.3 Å². The SMILES string of the molecule is Cc1ccc(-c2ccccc2CN2CCn3nc([C@H](O)CO)cc3C2)o1. The number of hydrogen-bond donors (Lipinski definition) is 2. The zero-order valence-corrected chi connectivity index (χ0v) is 14.8. The lowest BCUT2D eigenvalue weighted by Gasteiger charge is -2.28. The fourth-order valence-electron chi connectivity index (χ4n) is 3.45. The average Bonchev–Trinajstić information content (AvgIpc) is 3.27. The fraction of sp³-hybridized carbons (Fsp3) is 0.350. The lowest BCUT2D eigenvalue weighted by atomic mass is 10.0. The van der Waals surface area contributed by atoms with Crippen molar-refractivity contribution in [1.29, 1.82) is 0 Å². The van der Waals surface area contributed by atoms with Crippen LogP contribution in [0.2, 0.25) is 0 Å². The van der Waals surface area contributed by atoms with Crippen molar-refractivity contribution >= 4 is 0 Å². The van der Waals surface area contributed by atoms with Gasteiger partial charge in [-0.25, -0.2) is 0 Å². The van der Waals surface area contributed by atoms with E-state index in [-0.39, 0.29) is 6.61 Å². The molecule has 0 spiro atoms. The number of aromatic nitrogens is 2. The van der Waals surface area contributed by atoms with Gasteiger partial charge in [0, 0.05) is 25.2 Å². The lowest BCUT2D eigenvalue weighted by Crippen LogP contribution is -2.33. The molecule has 3 aromatic rings. The summed E-state index contributed by atoms with van der Waals surface area (Å²) < 4.78 is 7.74. The van der Waals surface area contributed by atoms with E-state index in [1.54, 1.807) is 0 Å². The summed E-state index contributed by atoms with van der Waals surface area (Å²) in [5, 5.41) is 23.3. The first-order valence-electron chi connectivity index (χ1n) is 8.86. The molecule has 2 N–H and O–H groups in total. The third-order valence-corrected chi connectivity index (χ3v) is 4.83. The lowest BCUT2D eigenvalue weighted by molar-refractivity contribution is 0.0915. The van der Waals surface area contributed by atoms with Crippen molar-refractivity contribution in [3.05, 3.63) is 65.2 Å². The van der Waals surface area contributed by atoms with E-state index < -0.39 is 6.10 Å². The number of fused-ring (bicyclic) bond motifs is 1. The van der Waals surface area contributed by atoms with Crippen LogP contribution in [0.5, 0.6) is 0 Å². The van der Waals surface area contributed by atoms with Gasteiger partial charge in [0.2, 0.25) is 0 Å². The van der Waals surface area contributed by atoms with Gasteiger partial charge in [0.05, 0.1) is 24.5 Å². The number of nitrogens with zero attached hydrogens (tertiary/aromatic N) is 3. The molecule has 4 rings (SSSR count). The zero-order valence-electron chi connectivity index (χ0n) is 14.8. The quantitative estimate of drug-likeness (QED) is 0.737. The molecule has 26 heavy (non-hydrogen) atoms. The third kappa shape index (κ3) is 3.31. The van der Waals surface area contributed by atoms with E-state index in [1.165, 1.54) is 5.56 Å². The Balaban J connectivity index is 1.53. The highest BCUT2D eigenvalue weighted by molar-refractivity contribution is 5.62. The van der Waals surface area contributed by atoms with E-state index in [4.69, 9.17) is 9.52 Å². The van der Waals surface area contributed by atoms with Crippen LogP contribution < -0.4 is 0 Å². The molecule has 0 saturated heterocycles. The first-order valence-corrected chi connectivity index (χ1v) is 8.86. The van der Waals surface area contributed by atoms with E-state index in [2.05, 4.69) is 28.2 Å². The monoisotopic (exact) mass is 353 g/mol. The Labute approximate surface area is 152 Å². The van der Waals surface area contributed by atoms with Crippen LogP contribution in [0.3, 0.4) is 0 Å². The van der Waals surface area contributed by atoms with E-state index in [0.717, 1.165) is 49.0 Å². The van der Waals surface area contributed by atoms with Gasteiger partial charge in [-0.3, -0.25) is 9.58 Å². The van der Waals surface area contributed by atoms with Crippen LogP contribution in [0.15, 0.2) is 46.9 Å². The maximum atomic E-state index is 9.79. The summed E-state index contributed by atoms with van der Waals surface area (Å²) in [5.74, 6) is 1.81. The Bertz CT molecular complexity index is 899. The van der Waals surface area contributed by atoms with Crippen LogP contribution in [0.25, 0.3) is 11.3 Å². The van der Waals surface area contributed by atoms with Gasteiger partial charge in [-0.15, -0.1) is 0 Å². The predicted octanol–water partition coefficient (Wildman–Crippen LogP) is 2.49. The second-order valence-electron chi connectivity index (χ2n) is 6.76. The van der Waals surface area contributed by atoms with E-state index in [0.29, 0.717) is 5.69 Å². The number of aryl methyl sites for hydroxylation is 1. The molecule has 0 bridgehead atoms. The summed E-state index contributed by atoms with van der Waals surface area (Å²) in [4.78, 5) is 2.36. The Morgan fingerprint density at radius 2 is 2.04 bits per heavy atom. The van der Waals surface area contributed by atoms with Crippen LogP contribution in [0, 0.1) is 6.92 Å². The number of rotatable bonds is 5. The van der Waals surface area contributed by atoms with Crippen molar-refractivity contribution in [2.24, 2.45) is 0 Å². The summed E-state index contributed by atoms with van der Waals surface area (Å²) in [6.45, 7) is 4.88. The molecule has 136 valence electrons. The predicted molar refractivity (Wildman–Crippen MR) is 97.3 cm³/mol. The molecule has 0 amide bonds. The highest BCUT2D eigenvalue weighted by atomic mass is 16.3. The Morgan fingerprint density at radius 3 is 2.81 bits per heavy atom. The van der Waals surface area contributed by atoms with Crippen molar-refractivity contribution in [3.63, 3.8) is 0 Å². The Morgan fingerprint density at radius 1 is 1.19 bits per heavy atom. The standard InChI is InChI=1S/C20H23N3O3/c1-14-6-7-20(26-14)17-5-3-2-4-15(17)11-22-8-9-23-16(12-22)10-18(21-23)19(25)13-24/h2-7,10,19,24-25H,8-9,11-13H2,1H3/t19-/m1/s1. The molecule has 1 atom stereocenters. The topological polar surface area (TPSA) is 74.7 Å². The molecular weight excluding hydrogens is 330 g/mol. The Kier molecular flexibility index (Phi) is 4.63. The van der Waals surface area contributed by atoms with E-state index in [1.807, 2.05) is 35.9 Å². The molecule has 6 heteroatoms. The summed E-state index contributed by atoms with van der Waals surface area (Å²) in [7, 11) is 0. The summed E-state index contributed by atoms with van der Waals surface area (Å²) >= 11 is 0. The van der Waals surface area contributed by atoms with Crippen molar-refractivity contribution < 1.29 is 14.6 Å². The smallest absolute Gasteiger partial charge is 0.134 e. The van der Waals surface area contributed by atoms with Gasteiger partial charge in [-0.1, -0.05) is 24.3 Å². The largest absolute Gasteiger partial charge is 0.461 e. The molecule has 0 unspecified atom stereocenters. The minimum atomic E-state index is -0.913. The highest BCUT2D eigenvalue weighted by Crippen LogP contribution is 2.28. The maximum absolute atomic E-state index is 9.79. The molecule has 0 radical (unpaired) electrons. The molecular formula is C20H23N3O3. The number of aliphatic hydroxyl groups is 2. The van der Waals surface area contributed by atoms with Gasteiger partial charge in [0.1, 0.15) is 17.6 Å². The zero-order chi connectivity index (χ0) is 18.1. The minimum absolute atomic E-state index is 0.309. The molecule has 0 saturated carbocycles. The number of hydrogen-bond acceptors (Lipinski definition) is 5. The molecule has 1 aliphatic rings. The molecule has 6 nitrogen and oxygen atoms in total. The molecule has 3 heterocycles. The summed E-state index contributed by atoms with van der Waals surface area (Å²) in [6, 6.07) is 14.2. The van der Waals surface area contributed by atoms with Gasteiger partial charge in [-0.05, 0) is 30.7 Å². The second-order valence-corrected chi connectivity index (χ2v) is 6.76. The van der Waals surface area contributed by atoms with Gasteiger partial charge in [-0.2, -0.15) is 5.10 Å². The van der Waals surface area contributed by atoms with Crippen LogP contribution in [0.4, 0.5) is 0 Å². The maximum Gasteiger partial charge on any atom is 0.134 e. The van der Waals surface area contributed by atoms with Crippen LogP contribution in [-0.4, -0.2) is 38.0 Å². The van der Waals surface area contributed by atoms with Gasteiger partial charge in [0.25, 0.3) is 0 Å². The van der Waals surface area contributed by atoms with Crippen LogP contribution >= 0.6 is 0 Å². The highest BCUT2D eigenvalue weighted by Gasteiger charge is 2.22. The van der Waals surface area contributed by atoms with Crippen LogP contribution in [0.1, 0.15) is 28.8 Å². The first-order chi connectivity index (χ1) is 12.6. The molecule has 1 aliphatic heterocycles. The summed E-state index contributed by atoms with van der Waals surface area (Å²) in [5.41, 5.74) is 3.95. The fourth-order valence-corrected chi connectivity index (χ4v) is 3.45. The number of benzene rings is 1.